The molecule has 1 aliphatic heterocycles. The molecule has 0 aliphatic carbocycles. The highest BCUT2D eigenvalue weighted by molar-refractivity contribution is 6.31. The molecule has 1 aliphatic rings. The quantitative estimate of drug-likeness (QED) is 0.847. The van der Waals surface area contributed by atoms with E-state index in [-0.39, 0.29) is 18.3 Å². The molecule has 1 atom stereocenters. The van der Waals surface area contributed by atoms with E-state index in [9.17, 15) is 4.79 Å². The zero-order valence-corrected chi connectivity index (χ0v) is 13.1. The van der Waals surface area contributed by atoms with E-state index in [0.717, 1.165) is 36.5 Å². The number of hydrogen-bond donors (Lipinski definition) is 2. The normalized spacial score (nSPS) is 17.6. The Morgan fingerprint density at radius 1 is 1.40 bits per heavy atom. The van der Waals surface area contributed by atoms with Crippen molar-refractivity contribution < 1.29 is 4.79 Å². The summed E-state index contributed by atoms with van der Waals surface area (Å²) in [7, 11) is 0. The lowest BCUT2D eigenvalue weighted by Crippen LogP contribution is -2.26. The molecule has 3 nitrogen and oxygen atoms in total. The van der Waals surface area contributed by atoms with E-state index in [1.807, 2.05) is 24.3 Å². The standard InChI is InChI=1S/C15H21ClN2O.ClH/c16-14-4-2-1-3-13(14)8-10-18-15(19)6-5-12-7-9-17-11-12;/h1-4,12,17H,5-11H2,(H,18,19);1H. The topological polar surface area (TPSA) is 41.1 Å². The van der Waals surface area contributed by atoms with Gasteiger partial charge in [-0.1, -0.05) is 29.8 Å². The third-order valence-electron chi connectivity index (χ3n) is 3.62. The molecule has 1 aromatic rings. The number of rotatable bonds is 6. The molecule has 1 amide bonds. The van der Waals surface area contributed by atoms with Crippen LogP contribution in [0.1, 0.15) is 24.8 Å². The molecule has 20 heavy (non-hydrogen) atoms. The molecule has 1 fully saturated rings. The first-order valence-corrected chi connectivity index (χ1v) is 7.34. The minimum Gasteiger partial charge on any atom is -0.356 e. The van der Waals surface area contributed by atoms with E-state index in [2.05, 4.69) is 10.6 Å². The van der Waals surface area contributed by atoms with Gasteiger partial charge in [0.15, 0.2) is 0 Å². The van der Waals surface area contributed by atoms with Crippen molar-refractivity contribution >= 4 is 29.9 Å². The number of carbonyl (C=O) groups excluding carboxylic acids is 1. The van der Waals surface area contributed by atoms with Crippen LogP contribution in [0.15, 0.2) is 24.3 Å². The molecule has 0 spiro atoms. The Morgan fingerprint density at radius 3 is 2.90 bits per heavy atom. The smallest absolute Gasteiger partial charge is 0.220 e. The molecule has 0 saturated carbocycles. The summed E-state index contributed by atoms with van der Waals surface area (Å²) >= 11 is 6.07. The Labute approximate surface area is 131 Å². The Hall–Kier alpha value is -0.770. The highest BCUT2D eigenvalue weighted by Gasteiger charge is 2.15. The Kier molecular flexibility index (Phi) is 7.97. The fourth-order valence-electron chi connectivity index (χ4n) is 2.42. The fraction of sp³-hybridized carbons (Fsp3) is 0.533. The lowest BCUT2D eigenvalue weighted by molar-refractivity contribution is -0.121. The van der Waals surface area contributed by atoms with Crippen LogP contribution in [0.4, 0.5) is 0 Å². The van der Waals surface area contributed by atoms with Gasteiger partial charge in [0.05, 0.1) is 0 Å². The average Bonchev–Trinajstić information content (AvgIpc) is 2.92. The van der Waals surface area contributed by atoms with E-state index in [1.54, 1.807) is 0 Å². The highest BCUT2D eigenvalue weighted by atomic mass is 35.5. The van der Waals surface area contributed by atoms with Crippen LogP contribution in [0.25, 0.3) is 0 Å². The summed E-state index contributed by atoms with van der Waals surface area (Å²) in [4.78, 5) is 11.7. The maximum absolute atomic E-state index is 11.7. The molecular formula is C15H22Cl2N2O. The van der Waals surface area contributed by atoms with Crippen molar-refractivity contribution in [2.45, 2.75) is 25.7 Å². The maximum Gasteiger partial charge on any atom is 0.220 e. The molecule has 1 aromatic carbocycles. The van der Waals surface area contributed by atoms with Crippen LogP contribution in [-0.2, 0) is 11.2 Å². The summed E-state index contributed by atoms with van der Waals surface area (Å²) in [5.74, 6) is 0.827. The number of hydrogen-bond acceptors (Lipinski definition) is 2. The monoisotopic (exact) mass is 316 g/mol. The SMILES string of the molecule is Cl.O=C(CCC1CCNC1)NCCc1ccccc1Cl. The van der Waals surface area contributed by atoms with E-state index in [1.165, 1.54) is 6.42 Å². The van der Waals surface area contributed by atoms with Crippen LogP contribution < -0.4 is 10.6 Å². The second-order valence-electron chi connectivity index (χ2n) is 5.09. The van der Waals surface area contributed by atoms with Crippen LogP contribution in [0.5, 0.6) is 0 Å². The maximum atomic E-state index is 11.7. The van der Waals surface area contributed by atoms with Crippen LogP contribution in [0, 0.1) is 5.92 Å². The summed E-state index contributed by atoms with van der Waals surface area (Å²) in [6, 6.07) is 7.76. The largest absolute Gasteiger partial charge is 0.356 e. The molecule has 2 rings (SSSR count). The van der Waals surface area contributed by atoms with Gasteiger partial charge in [-0.25, -0.2) is 0 Å². The van der Waals surface area contributed by atoms with Crippen molar-refractivity contribution in [1.82, 2.24) is 10.6 Å². The zero-order chi connectivity index (χ0) is 13.5. The molecular weight excluding hydrogens is 295 g/mol. The van der Waals surface area contributed by atoms with Gasteiger partial charge in [-0.05, 0) is 49.9 Å². The van der Waals surface area contributed by atoms with Crippen molar-refractivity contribution in [2.24, 2.45) is 5.92 Å². The summed E-state index contributed by atoms with van der Waals surface area (Å²) in [5, 5.41) is 7.06. The van der Waals surface area contributed by atoms with E-state index in [0.29, 0.717) is 18.9 Å². The van der Waals surface area contributed by atoms with Crippen molar-refractivity contribution in [3.05, 3.63) is 34.9 Å². The number of benzene rings is 1. The van der Waals surface area contributed by atoms with Gasteiger partial charge < -0.3 is 10.6 Å². The third kappa shape index (κ3) is 5.70. The first kappa shape index (κ1) is 17.3. The van der Waals surface area contributed by atoms with Gasteiger partial charge in [0.1, 0.15) is 0 Å². The van der Waals surface area contributed by atoms with Crippen molar-refractivity contribution in [1.29, 1.82) is 0 Å². The van der Waals surface area contributed by atoms with Crippen LogP contribution >= 0.6 is 24.0 Å². The minimum absolute atomic E-state index is 0. The second-order valence-corrected chi connectivity index (χ2v) is 5.50. The summed E-state index contributed by atoms with van der Waals surface area (Å²) < 4.78 is 0. The first-order chi connectivity index (χ1) is 9.25. The number of nitrogens with one attached hydrogen (secondary N) is 2. The molecule has 1 saturated heterocycles. The molecule has 0 radical (unpaired) electrons. The van der Waals surface area contributed by atoms with E-state index in [4.69, 9.17) is 11.6 Å². The predicted molar refractivity (Wildman–Crippen MR) is 85.6 cm³/mol. The Bertz CT molecular complexity index is 420. The first-order valence-electron chi connectivity index (χ1n) is 6.96. The molecule has 2 N–H and O–H groups in total. The van der Waals surface area contributed by atoms with Gasteiger partial charge in [-0.3, -0.25) is 4.79 Å². The molecule has 1 unspecified atom stereocenters. The van der Waals surface area contributed by atoms with Gasteiger partial charge in [-0.15, -0.1) is 12.4 Å². The number of halogens is 2. The molecule has 5 heteroatoms. The van der Waals surface area contributed by atoms with Crippen molar-refractivity contribution in [3.63, 3.8) is 0 Å². The second kappa shape index (κ2) is 9.22. The van der Waals surface area contributed by atoms with Crippen molar-refractivity contribution in [3.8, 4) is 0 Å². The predicted octanol–water partition coefficient (Wildman–Crippen LogP) is 2.81. The van der Waals surface area contributed by atoms with Gasteiger partial charge in [-0.2, -0.15) is 0 Å². The van der Waals surface area contributed by atoms with Crippen LogP contribution in [0.2, 0.25) is 5.02 Å². The van der Waals surface area contributed by atoms with Crippen molar-refractivity contribution in [2.75, 3.05) is 19.6 Å². The van der Waals surface area contributed by atoms with Gasteiger partial charge in [0, 0.05) is 18.0 Å². The zero-order valence-electron chi connectivity index (χ0n) is 11.5. The van der Waals surface area contributed by atoms with Gasteiger partial charge in [0.2, 0.25) is 5.91 Å². The van der Waals surface area contributed by atoms with E-state index < -0.39 is 0 Å². The number of carbonyl (C=O) groups is 1. The summed E-state index contributed by atoms with van der Waals surface area (Å²) in [6.45, 7) is 2.82. The third-order valence-corrected chi connectivity index (χ3v) is 3.99. The minimum atomic E-state index is 0. The Morgan fingerprint density at radius 2 is 2.20 bits per heavy atom. The fourth-order valence-corrected chi connectivity index (χ4v) is 2.65. The van der Waals surface area contributed by atoms with E-state index >= 15 is 0 Å². The van der Waals surface area contributed by atoms with Crippen LogP contribution in [0.3, 0.4) is 0 Å². The van der Waals surface area contributed by atoms with Gasteiger partial charge in [0.25, 0.3) is 0 Å². The molecule has 1 heterocycles. The van der Waals surface area contributed by atoms with Crippen LogP contribution in [-0.4, -0.2) is 25.5 Å². The Balaban J connectivity index is 0.00000200. The average molecular weight is 317 g/mol. The number of amides is 1. The molecule has 0 aromatic heterocycles. The lowest BCUT2D eigenvalue weighted by atomic mass is 10.0. The highest BCUT2D eigenvalue weighted by Crippen LogP contribution is 2.15. The molecule has 0 bridgehead atoms. The lowest BCUT2D eigenvalue weighted by Gasteiger charge is -2.09. The molecule has 112 valence electrons. The summed E-state index contributed by atoms with van der Waals surface area (Å²) in [6.07, 6.45) is 3.61. The summed E-state index contributed by atoms with van der Waals surface area (Å²) in [5.41, 5.74) is 1.09. The van der Waals surface area contributed by atoms with Gasteiger partial charge >= 0.3 is 0 Å².